The third-order valence-electron chi connectivity index (χ3n) is 0.436. The van der Waals surface area contributed by atoms with Crippen LogP contribution in [0.5, 0.6) is 0 Å². The average Bonchev–Trinajstić information content (AvgIpc) is 1.69. The molecule has 0 bridgehead atoms. The summed E-state index contributed by atoms with van der Waals surface area (Å²) in [5.74, 6) is 0. The van der Waals surface area contributed by atoms with E-state index in [-0.39, 0.29) is 4.97 Å². The van der Waals surface area contributed by atoms with E-state index in [1.807, 2.05) is 22.4 Å². The van der Waals surface area contributed by atoms with Gasteiger partial charge in [-0.2, -0.15) is 0 Å². The molecular weight excluding hydrogens is 207 g/mol. The fourth-order valence-corrected chi connectivity index (χ4v) is 0.446. The van der Waals surface area contributed by atoms with Gasteiger partial charge < -0.3 is 13.7 Å². The first-order valence-electron chi connectivity index (χ1n) is 1.63. The molecule has 0 spiro atoms. The Hall–Kier alpha value is 0.805. The third kappa shape index (κ3) is 2.03. The molecule has 0 atom stereocenters. The van der Waals surface area contributed by atoms with Crippen LogP contribution < -0.4 is 0 Å². The second-order valence-electron chi connectivity index (χ2n) is 0.875. The first-order chi connectivity index (χ1) is 3.39. The Balaban J connectivity index is 2.12. The van der Waals surface area contributed by atoms with Crippen molar-refractivity contribution in [3.05, 3.63) is 0 Å². The van der Waals surface area contributed by atoms with Crippen LogP contribution >= 0.6 is 22.4 Å². The van der Waals surface area contributed by atoms with Crippen molar-refractivity contribution in [2.45, 2.75) is 0 Å². The summed E-state index contributed by atoms with van der Waals surface area (Å²) in [5, 5.41) is 0. The van der Waals surface area contributed by atoms with Gasteiger partial charge in [0.25, 0.3) is 0 Å². The van der Waals surface area contributed by atoms with Crippen LogP contribution in [0.2, 0.25) is 0 Å². The minimum atomic E-state index is -0.230. The molecule has 1 rings (SSSR count). The van der Waals surface area contributed by atoms with Crippen molar-refractivity contribution in [2.75, 3.05) is 0 Å². The van der Waals surface area contributed by atoms with Gasteiger partial charge in [0, 0.05) is 0 Å². The van der Waals surface area contributed by atoms with E-state index in [9.17, 15) is 0 Å². The molecule has 0 aromatic carbocycles. The van der Waals surface area contributed by atoms with Gasteiger partial charge >= 0.3 is 20.3 Å². The second kappa shape index (κ2) is 2.96. The standard InChI is InChI=1S/B3IO3/c4-3-6-1-5-2-7-3. The summed E-state index contributed by atoms with van der Waals surface area (Å²) in [6.45, 7) is 0. The molecule has 1 heterocycles. The summed E-state index contributed by atoms with van der Waals surface area (Å²) < 4.78 is 13.8. The molecule has 1 aliphatic rings. The second-order valence-corrected chi connectivity index (χ2v) is 1.89. The highest BCUT2D eigenvalue weighted by Crippen LogP contribution is 2.00. The van der Waals surface area contributed by atoms with Crippen molar-refractivity contribution >= 4 is 42.7 Å². The molecule has 1 saturated heterocycles. The summed E-state index contributed by atoms with van der Waals surface area (Å²) in [6, 6.07) is 0. The molecule has 0 unspecified atom stereocenters. The minimum absolute atomic E-state index is 0.230. The number of halogens is 1. The van der Waals surface area contributed by atoms with Crippen molar-refractivity contribution in [3.8, 4) is 0 Å². The van der Waals surface area contributed by atoms with E-state index >= 15 is 0 Å². The highest BCUT2D eigenvalue weighted by molar-refractivity contribution is 14.1. The highest BCUT2D eigenvalue weighted by Gasteiger charge is 2.19. The van der Waals surface area contributed by atoms with Crippen LogP contribution in [0.1, 0.15) is 0 Å². The fraction of sp³-hybridized carbons (Fsp3) is 0. The van der Waals surface area contributed by atoms with Crippen LogP contribution in [-0.2, 0) is 13.7 Å². The zero-order valence-electron chi connectivity index (χ0n) is 3.33. The van der Waals surface area contributed by atoms with E-state index in [4.69, 9.17) is 0 Å². The third-order valence-corrected chi connectivity index (χ3v) is 1.02. The summed E-state index contributed by atoms with van der Waals surface area (Å²) in [6.07, 6.45) is 0. The Labute approximate surface area is 56.7 Å². The number of hydrogen-bond acceptors (Lipinski definition) is 3. The van der Waals surface area contributed by atoms with Crippen LogP contribution in [0.25, 0.3) is 0 Å². The van der Waals surface area contributed by atoms with Crippen LogP contribution in [0.15, 0.2) is 0 Å². The van der Waals surface area contributed by atoms with E-state index in [0.29, 0.717) is 0 Å². The molecule has 0 aromatic heterocycles. The lowest BCUT2D eigenvalue weighted by molar-refractivity contribution is 0.344. The quantitative estimate of drug-likeness (QED) is 0.397. The molecule has 7 heteroatoms. The molecule has 0 N–H and O–H groups in total. The van der Waals surface area contributed by atoms with Crippen molar-refractivity contribution in [1.82, 2.24) is 0 Å². The Bertz CT molecular complexity index is 52.1. The topological polar surface area (TPSA) is 27.7 Å². The summed E-state index contributed by atoms with van der Waals surface area (Å²) >= 11 is 1.97. The number of hydrogen-bond donors (Lipinski definition) is 0. The maximum atomic E-state index is 4.66. The lowest BCUT2D eigenvalue weighted by Crippen LogP contribution is -2.30. The molecule has 0 saturated carbocycles. The van der Waals surface area contributed by atoms with E-state index in [1.54, 1.807) is 0 Å². The molecule has 0 aliphatic carbocycles. The van der Waals surface area contributed by atoms with Crippen LogP contribution in [0.4, 0.5) is 0 Å². The predicted octanol–water partition coefficient (Wildman–Crippen LogP) is -0.462. The maximum absolute atomic E-state index is 4.66. The van der Waals surface area contributed by atoms with E-state index in [0.717, 1.165) is 0 Å². The van der Waals surface area contributed by atoms with Crippen molar-refractivity contribution in [2.24, 2.45) is 0 Å². The SMILES string of the molecule is IB1O[B]O[B]O1. The monoisotopic (exact) mass is 208 g/mol. The molecule has 3 nitrogen and oxygen atoms in total. The van der Waals surface area contributed by atoms with Crippen LogP contribution in [0.3, 0.4) is 0 Å². The molecule has 0 aromatic rings. The van der Waals surface area contributed by atoms with Gasteiger partial charge in [0.2, 0.25) is 0 Å². The Kier molecular flexibility index (Phi) is 2.51. The van der Waals surface area contributed by atoms with E-state index in [1.165, 1.54) is 15.4 Å². The lowest BCUT2D eigenvalue weighted by atomic mass is 10.1. The molecule has 7 heavy (non-hydrogen) atoms. The first-order valence-corrected chi connectivity index (χ1v) is 2.88. The lowest BCUT2D eigenvalue weighted by Gasteiger charge is -2.11. The van der Waals surface area contributed by atoms with E-state index < -0.39 is 0 Å². The highest BCUT2D eigenvalue weighted by atomic mass is 127. The van der Waals surface area contributed by atoms with Crippen molar-refractivity contribution < 1.29 is 13.7 Å². The molecule has 0 amide bonds. The maximum Gasteiger partial charge on any atom is 0.504 e. The molecule has 34 valence electrons. The van der Waals surface area contributed by atoms with Gasteiger partial charge in [0.05, 0.1) is 0 Å². The van der Waals surface area contributed by atoms with Crippen molar-refractivity contribution in [3.63, 3.8) is 0 Å². The first kappa shape index (κ1) is 5.93. The number of rotatable bonds is 0. The normalized spacial score (nSPS) is 20.4. The summed E-state index contributed by atoms with van der Waals surface area (Å²) in [5.41, 5.74) is 0. The van der Waals surface area contributed by atoms with Gasteiger partial charge in [-0.1, -0.05) is 22.4 Å². The predicted molar refractivity (Wildman–Crippen MR) is 34.5 cm³/mol. The largest absolute Gasteiger partial charge is 0.504 e. The molecule has 1 fully saturated rings. The van der Waals surface area contributed by atoms with Gasteiger partial charge in [-0.15, -0.1) is 0 Å². The molecular formula is B3IO3. The summed E-state index contributed by atoms with van der Waals surface area (Å²) in [7, 11) is 2.45. The Morgan fingerprint density at radius 1 is 1.29 bits per heavy atom. The van der Waals surface area contributed by atoms with Crippen LogP contribution in [-0.4, -0.2) is 20.3 Å². The zero-order chi connectivity index (χ0) is 5.11. The Morgan fingerprint density at radius 2 is 1.86 bits per heavy atom. The minimum Gasteiger partial charge on any atom is -0.457 e. The van der Waals surface area contributed by atoms with Gasteiger partial charge in [0.1, 0.15) is 0 Å². The van der Waals surface area contributed by atoms with Crippen LogP contribution in [0, 0.1) is 0 Å². The molecule has 2 radical (unpaired) electrons. The van der Waals surface area contributed by atoms with Gasteiger partial charge in [-0.25, -0.2) is 0 Å². The summed E-state index contributed by atoms with van der Waals surface area (Å²) in [4.78, 5) is -0.230. The van der Waals surface area contributed by atoms with Gasteiger partial charge in [-0.3, -0.25) is 0 Å². The Morgan fingerprint density at radius 3 is 2.14 bits per heavy atom. The fourth-order valence-electron chi connectivity index (χ4n) is 0.206. The zero-order valence-corrected chi connectivity index (χ0v) is 5.49. The van der Waals surface area contributed by atoms with Crippen molar-refractivity contribution in [1.29, 1.82) is 0 Å². The molecule has 1 aliphatic heterocycles. The van der Waals surface area contributed by atoms with Gasteiger partial charge in [-0.05, 0) is 0 Å². The van der Waals surface area contributed by atoms with E-state index in [2.05, 4.69) is 13.7 Å². The average molecular weight is 207 g/mol. The van der Waals surface area contributed by atoms with Gasteiger partial charge in [0.15, 0.2) is 0 Å². The smallest absolute Gasteiger partial charge is 0.457 e.